The van der Waals surface area contributed by atoms with E-state index in [0.717, 1.165) is 16.5 Å². The first kappa shape index (κ1) is 24.8. The Morgan fingerprint density at radius 3 is 2.38 bits per heavy atom. The fraction of sp³-hybridized carbons (Fsp3) is 0.429. The molecule has 3 unspecified atom stereocenters. The van der Waals surface area contributed by atoms with Crippen molar-refractivity contribution in [2.24, 2.45) is 17.2 Å². The molecule has 11 nitrogen and oxygen atoms in total. The predicted molar refractivity (Wildman–Crippen MR) is 118 cm³/mol. The third-order valence-corrected chi connectivity index (χ3v) is 5.06. The van der Waals surface area contributed by atoms with Gasteiger partial charge in [-0.3, -0.25) is 14.4 Å². The summed E-state index contributed by atoms with van der Waals surface area (Å²) in [5.41, 5.74) is 18.1. The largest absolute Gasteiger partial charge is 0.480 e. The smallest absolute Gasteiger partial charge is 0.326 e. The van der Waals surface area contributed by atoms with Crippen molar-refractivity contribution in [1.82, 2.24) is 15.6 Å². The number of nitrogens with one attached hydrogen (secondary N) is 3. The number of amides is 3. The molecular weight excluding hydrogens is 416 g/mol. The van der Waals surface area contributed by atoms with Gasteiger partial charge < -0.3 is 37.9 Å². The molecule has 10 N–H and O–H groups in total. The van der Waals surface area contributed by atoms with Crippen LogP contribution in [-0.2, 0) is 25.6 Å². The molecule has 0 spiro atoms. The Balaban J connectivity index is 2.21. The number of aromatic amines is 1. The van der Waals surface area contributed by atoms with Gasteiger partial charge in [0.25, 0.3) is 0 Å². The van der Waals surface area contributed by atoms with Crippen LogP contribution in [0.2, 0.25) is 0 Å². The number of para-hydroxylation sites is 1. The minimum atomic E-state index is -1.51. The van der Waals surface area contributed by atoms with Gasteiger partial charge in [0.15, 0.2) is 0 Å². The molecule has 1 heterocycles. The monoisotopic (exact) mass is 446 g/mol. The van der Waals surface area contributed by atoms with Gasteiger partial charge in [0.1, 0.15) is 12.1 Å². The van der Waals surface area contributed by atoms with Crippen LogP contribution in [0.25, 0.3) is 10.9 Å². The molecule has 11 heteroatoms. The molecule has 0 saturated carbocycles. The van der Waals surface area contributed by atoms with Crippen LogP contribution in [0.1, 0.15) is 31.2 Å². The zero-order valence-electron chi connectivity index (χ0n) is 17.7. The van der Waals surface area contributed by atoms with Crippen molar-refractivity contribution in [2.75, 3.05) is 6.54 Å². The lowest BCUT2D eigenvalue weighted by atomic mass is 10.0. The summed E-state index contributed by atoms with van der Waals surface area (Å²) in [6.07, 6.45) is 2.99. The Hall–Kier alpha value is -3.44. The van der Waals surface area contributed by atoms with Gasteiger partial charge >= 0.3 is 5.97 Å². The molecule has 0 saturated heterocycles. The molecule has 174 valence electrons. The first-order valence-electron chi connectivity index (χ1n) is 10.4. The molecule has 0 aliphatic carbocycles. The van der Waals surface area contributed by atoms with Gasteiger partial charge in [0.05, 0.1) is 12.5 Å². The van der Waals surface area contributed by atoms with E-state index in [-0.39, 0.29) is 6.42 Å². The van der Waals surface area contributed by atoms with Crippen LogP contribution in [-0.4, -0.2) is 58.5 Å². The van der Waals surface area contributed by atoms with Crippen molar-refractivity contribution in [3.63, 3.8) is 0 Å². The van der Waals surface area contributed by atoms with Crippen LogP contribution in [0.15, 0.2) is 30.5 Å². The Bertz CT molecular complexity index is 959. The van der Waals surface area contributed by atoms with Crippen LogP contribution in [0.3, 0.4) is 0 Å². The predicted octanol–water partition coefficient (Wildman–Crippen LogP) is -0.904. The molecule has 2 rings (SSSR count). The molecule has 3 atom stereocenters. The molecule has 0 radical (unpaired) electrons. The topological polar surface area (TPSA) is 206 Å². The number of carboxylic acid groups (broad SMARTS) is 1. The normalized spacial score (nSPS) is 13.8. The number of rotatable bonds is 13. The van der Waals surface area contributed by atoms with E-state index >= 15 is 0 Å². The Kier molecular flexibility index (Phi) is 9.17. The van der Waals surface area contributed by atoms with E-state index in [2.05, 4.69) is 15.6 Å². The number of nitrogens with two attached hydrogens (primary N) is 3. The molecule has 1 aromatic carbocycles. The van der Waals surface area contributed by atoms with E-state index in [0.29, 0.717) is 25.8 Å². The highest BCUT2D eigenvalue weighted by Gasteiger charge is 2.29. The van der Waals surface area contributed by atoms with Gasteiger partial charge in [-0.05, 0) is 31.0 Å². The summed E-state index contributed by atoms with van der Waals surface area (Å²) in [5.74, 6) is -3.58. The number of fused-ring (bicyclic) bond motifs is 1. The average molecular weight is 447 g/mol. The highest BCUT2D eigenvalue weighted by Crippen LogP contribution is 2.19. The van der Waals surface area contributed by atoms with Gasteiger partial charge in [0.2, 0.25) is 17.7 Å². The standard InChI is InChI=1S/C21H30N6O5/c22-8-4-3-6-14(23)19(29)26-16(20(30)27-17(21(31)32)10-18(24)28)9-12-11-25-15-7-2-1-5-13(12)15/h1-2,5,7,11,14,16-17,25H,3-4,6,8-10,22-23H2,(H2,24,28)(H,26,29)(H,27,30)(H,31,32). The lowest BCUT2D eigenvalue weighted by molar-refractivity contribution is -0.143. The second kappa shape index (κ2) is 11.8. The first-order valence-corrected chi connectivity index (χ1v) is 10.4. The molecule has 32 heavy (non-hydrogen) atoms. The van der Waals surface area contributed by atoms with Crippen LogP contribution in [0, 0.1) is 0 Å². The number of carbonyl (C=O) groups is 4. The Morgan fingerprint density at radius 1 is 1.03 bits per heavy atom. The van der Waals surface area contributed by atoms with Crippen LogP contribution in [0.4, 0.5) is 0 Å². The molecule has 3 amide bonds. The van der Waals surface area contributed by atoms with Crippen LogP contribution >= 0.6 is 0 Å². The SMILES string of the molecule is NCCCCC(N)C(=O)NC(Cc1c[nH]c2ccccc12)C(=O)NC(CC(N)=O)C(=O)O. The summed E-state index contributed by atoms with van der Waals surface area (Å²) in [7, 11) is 0. The van der Waals surface area contributed by atoms with Gasteiger partial charge in [-0.1, -0.05) is 24.6 Å². The summed E-state index contributed by atoms with van der Waals surface area (Å²) in [6, 6.07) is 3.96. The van der Waals surface area contributed by atoms with Crippen molar-refractivity contribution in [2.45, 2.75) is 50.2 Å². The molecule has 1 aromatic heterocycles. The fourth-order valence-corrected chi connectivity index (χ4v) is 3.32. The molecule has 0 fully saturated rings. The molecule has 0 bridgehead atoms. The zero-order chi connectivity index (χ0) is 23.7. The van der Waals surface area contributed by atoms with Crippen molar-refractivity contribution in [3.8, 4) is 0 Å². The number of carbonyl (C=O) groups excluding carboxylic acids is 3. The first-order chi connectivity index (χ1) is 15.2. The van der Waals surface area contributed by atoms with E-state index < -0.39 is 48.2 Å². The lowest BCUT2D eigenvalue weighted by Crippen LogP contribution is -2.55. The van der Waals surface area contributed by atoms with E-state index in [1.807, 2.05) is 24.3 Å². The third-order valence-electron chi connectivity index (χ3n) is 5.06. The quantitative estimate of drug-likeness (QED) is 0.193. The van der Waals surface area contributed by atoms with Crippen LogP contribution in [0.5, 0.6) is 0 Å². The number of unbranched alkanes of at least 4 members (excludes halogenated alkanes) is 1. The number of hydrogen-bond donors (Lipinski definition) is 7. The highest BCUT2D eigenvalue weighted by molar-refractivity contribution is 5.94. The van der Waals surface area contributed by atoms with E-state index in [9.17, 15) is 24.3 Å². The van der Waals surface area contributed by atoms with Crippen LogP contribution < -0.4 is 27.8 Å². The van der Waals surface area contributed by atoms with Gasteiger partial charge in [-0.2, -0.15) is 0 Å². The number of hydrogen-bond acceptors (Lipinski definition) is 6. The summed E-state index contributed by atoms with van der Waals surface area (Å²) in [4.78, 5) is 51.2. The average Bonchev–Trinajstić information content (AvgIpc) is 3.15. The van der Waals surface area contributed by atoms with Crippen molar-refractivity contribution in [3.05, 3.63) is 36.0 Å². The van der Waals surface area contributed by atoms with E-state index in [4.69, 9.17) is 17.2 Å². The maximum Gasteiger partial charge on any atom is 0.326 e. The summed E-state index contributed by atoms with van der Waals surface area (Å²) < 4.78 is 0. The minimum Gasteiger partial charge on any atom is -0.480 e. The van der Waals surface area contributed by atoms with Crippen molar-refractivity contribution < 1.29 is 24.3 Å². The molecule has 0 aliphatic heterocycles. The van der Waals surface area contributed by atoms with Crippen molar-refractivity contribution >= 4 is 34.6 Å². The second-order valence-electron chi connectivity index (χ2n) is 7.59. The number of benzene rings is 1. The lowest BCUT2D eigenvalue weighted by Gasteiger charge is -2.22. The Labute approximate surface area is 185 Å². The van der Waals surface area contributed by atoms with Gasteiger partial charge in [0, 0.05) is 23.5 Å². The number of primary amides is 1. The summed E-state index contributed by atoms with van der Waals surface area (Å²) in [5, 5.41) is 15.1. The van der Waals surface area contributed by atoms with E-state index in [1.54, 1.807) is 6.20 Å². The third kappa shape index (κ3) is 7.06. The number of carboxylic acids is 1. The number of aliphatic carboxylic acids is 1. The molecule has 0 aliphatic rings. The minimum absolute atomic E-state index is 0.0834. The molecular formula is C21H30N6O5. The van der Waals surface area contributed by atoms with Gasteiger partial charge in [-0.25, -0.2) is 4.79 Å². The summed E-state index contributed by atoms with van der Waals surface area (Å²) in [6.45, 7) is 0.483. The maximum absolute atomic E-state index is 12.9. The van der Waals surface area contributed by atoms with E-state index in [1.165, 1.54) is 0 Å². The number of H-pyrrole nitrogens is 1. The van der Waals surface area contributed by atoms with Crippen molar-refractivity contribution in [1.29, 1.82) is 0 Å². The molecule has 2 aromatic rings. The number of aromatic nitrogens is 1. The highest BCUT2D eigenvalue weighted by atomic mass is 16.4. The zero-order valence-corrected chi connectivity index (χ0v) is 17.7. The Morgan fingerprint density at radius 2 is 1.72 bits per heavy atom. The van der Waals surface area contributed by atoms with Gasteiger partial charge in [-0.15, -0.1) is 0 Å². The second-order valence-corrected chi connectivity index (χ2v) is 7.59. The summed E-state index contributed by atoms with van der Waals surface area (Å²) >= 11 is 0. The fourth-order valence-electron chi connectivity index (χ4n) is 3.32. The maximum atomic E-state index is 12.9.